The predicted octanol–water partition coefficient (Wildman–Crippen LogP) is 2.89. The molecule has 0 aliphatic heterocycles. The van der Waals surface area contributed by atoms with Crippen molar-refractivity contribution < 1.29 is 13.9 Å². The van der Waals surface area contributed by atoms with E-state index in [0.717, 1.165) is 17.1 Å². The molecule has 0 fully saturated rings. The van der Waals surface area contributed by atoms with E-state index in [9.17, 15) is 4.79 Å². The third-order valence-electron chi connectivity index (χ3n) is 2.56. The van der Waals surface area contributed by atoms with Crippen LogP contribution in [-0.4, -0.2) is 18.1 Å². The van der Waals surface area contributed by atoms with Gasteiger partial charge >= 0.3 is 0 Å². The van der Waals surface area contributed by atoms with Crippen molar-refractivity contribution in [3.8, 4) is 0 Å². The summed E-state index contributed by atoms with van der Waals surface area (Å²) in [6.07, 6.45) is 0. The van der Waals surface area contributed by atoms with E-state index >= 15 is 0 Å². The highest BCUT2D eigenvalue weighted by atomic mass is 16.5. The lowest BCUT2D eigenvalue weighted by Crippen LogP contribution is -2.33. The lowest BCUT2D eigenvalue weighted by Gasteiger charge is -2.20. The second kappa shape index (κ2) is 5.57. The Morgan fingerprint density at radius 1 is 1.44 bits per heavy atom. The highest BCUT2D eigenvalue weighted by Crippen LogP contribution is 2.21. The van der Waals surface area contributed by atoms with Gasteiger partial charge in [-0.1, -0.05) is 0 Å². The Bertz CT molecular complexity index is 415. The summed E-state index contributed by atoms with van der Waals surface area (Å²) >= 11 is 0. The fourth-order valence-corrected chi connectivity index (χ4v) is 1.72. The monoisotopic (exact) mass is 253 g/mol. The molecule has 0 saturated heterocycles. The Labute approximate surface area is 109 Å². The molecule has 4 nitrogen and oxygen atoms in total. The van der Waals surface area contributed by atoms with Crippen LogP contribution >= 0.6 is 0 Å². The van der Waals surface area contributed by atoms with Gasteiger partial charge in [-0.05, 0) is 47.6 Å². The molecule has 1 aromatic rings. The Hall–Kier alpha value is -1.29. The van der Waals surface area contributed by atoms with E-state index in [0.29, 0.717) is 0 Å². The van der Waals surface area contributed by atoms with Crippen molar-refractivity contribution >= 4 is 5.91 Å². The highest BCUT2D eigenvalue weighted by molar-refractivity contribution is 5.77. The number of hydrogen-bond acceptors (Lipinski definition) is 3. The Kier molecular flexibility index (Phi) is 4.57. The number of amides is 1. The first-order valence-electron chi connectivity index (χ1n) is 6.19. The van der Waals surface area contributed by atoms with Crippen molar-refractivity contribution in [1.29, 1.82) is 0 Å². The van der Waals surface area contributed by atoms with Crippen LogP contribution in [0.4, 0.5) is 0 Å². The normalized spacial score (nSPS) is 13.4. The van der Waals surface area contributed by atoms with Gasteiger partial charge in [-0.3, -0.25) is 4.79 Å². The molecule has 1 atom stereocenters. The third-order valence-corrected chi connectivity index (χ3v) is 2.56. The molecule has 0 saturated carbocycles. The minimum atomic E-state index is -0.303. The van der Waals surface area contributed by atoms with Crippen molar-refractivity contribution in [2.75, 3.05) is 6.61 Å². The number of hydrogen-bond donors (Lipinski definition) is 1. The van der Waals surface area contributed by atoms with Crippen molar-refractivity contribution in [2.45, 2.75) is 53.2 Å². The largest absolute Gasteiger partial charge is 0.466 e. The van der Waals surface area contributed by atoms with Gasteiger partial charge in [0.15, 0.2) is 0 Å². The van der Waals surface area contributed by atoms with E-state index < -0.39 is 0 Å². The number of rotatable bonds is 4. The molecule has 4 heteroatoms. The maximum absolute atomic E-state index is 11.7. The zero-order valence-electron chi connectivity index (χ0n) is 12.1. The summed E-state index contributed by atoms with van der Waals surface area (Å²) in [5.41, 5.74) is 0.708. The summed E-state index contributed by atoms with van der Waals surface area (Å²) < 4.78 is 10.9. The van der Waals surface area contributed by atoms with Gasteiger partial charge in [-0.25, -0.2) is 0 Å². The summed E-state index contributed by atoms with van der Waals surface area (Å²) in [7, 11) is 0. The molecule has 1 amide bonds. The predicted molar refractivity (Wildman–Crippen MR) is 70.4 cm³/mol. The fourth-order valence-electron chi connectivity index (χ4n) is 1.72. The average molecular weight is 253 g/mol. The van der Waals surface area contributed by atoms with Crippen molar-refractivity contribution in [3.63, 3.8) is 0 Å². The second-order valence-electron chi connectivity index (χ2n) is 5.56. The van der Waals surface area contributed by atoms with Gasteiger partial charge < -0.3 is 14.5 Å². The van der Waals surface area contributed by atoms with Crippen molar-refractivity contribution in [1.82, 2.24) is 5.32 Å². The maximum atomic E-state index is 11.7. The second-order valence-corrected chi connectivity index (χ2v) is 5.56. The Morgan fingerprint density at radius 3 is 2.50 bits per heavy atom. The molecule has 0 aromatic carbocycles. The van der Waals surface area contributed by atoms with Gasteiger partial charge in [0.05, 0.1) is 11.6 Å². The SMILES string of the molecule is Cc1cc(C(C)NC(=O)COC(C)(C)C)c(C)o1. The molecule has 1 unspecified atom stereocenters. The van der Waals surface area contributed by atoms with Crippen LogP contribution in [-0.2, 0) is 9.53 Å². The molecule has 0 aliphatic carbocycles. The zero-order chi connectivity index (χ0) is 13.9. The summed E-state index contributed by atoms with van der Waals surface area (Å²) in [5, 5.41) is 2.90. The summed E-state index contributed by atoms with van der Waals surface area (Å²) in [5.74, 6) is 1.59. The van der Waals surface area contributed by atoms with Gasteiger partial charge in [-0.15, -0.1) is 0 Å². The first kappa shape index (κ1) is 14.8. The quantitative estimate of drug-likeness (QED) is 0.897. The molecular weight excluding hydrogens is 230 g/mol. The van der Waals surface area contributed by atoms with Crippen LogP contribution in [0.25, 0.3) is 0 Å². The Balaban J connectivity index is 2.52. The van der Waals surface area contributed by atoms with E-state index in [4.69, 9.17) is 9.15 Å². The lowest BCUT2D eigenvalue weighted by atomic mass is 10.1. The molecule has 0 aliphatic rings. The molecular formula is C14H23NO3. The van der Waals surface area contributed by atoms with Crippen LogP contribution in [0.15, 0.2) is 10.5 Å². The van der Waals surface area contributed by atoms with Crippen molar-refractivity contribution in [3.05, 3.63) is 23.2 Å². The van der Waals surface area contributed by atoms with Crippen molar-refractivity contribution in [2.24, 2.45) is 0 Å². The summed E-state index contributed by atoms with van der Waals surface area (Å²) in [6, 6.07) is 1.88. The van der Waals surface area contributed by atoms with Crippen LogP contribution in [0.5, 0.6) is 0 Å². The van der Waals surface area contributed by atoms with Crippen LogP contribution in [0, 0.1) is 13.8 Å². The van der Waals surface area contributed by atoms with Crippen LogP contribution in [0.3, 0.4) is 0 Å². The number of carbonyl (C=O) groups excluding carboxylic acids is 1. The minimum absolute atomic E-state index is 0.0708. The number of aryl methyl sites for hydroxylation is 2. The van der Waals surface area contributed by atoms with E-state index in [-0.39, 0.29) is 24.2 Å². The van der Waals surface area contributed by atoms with E-state index in [1.165, 1.54) is 0 Å². The molecule has 0 bridgehead atoms. The molecule has 1 heterocycles. The molecule has 1 aromatic heterocycles. The molecule has 1 N–H and O–H groups in total. The first-order valence-corrected chi connectivity index (χ1v) is 6.19. The van der Waals surface area contributed by atoms with Crippen LogP contribution < -0.4 is 5.32 Å². The number of carbonyl (C=O) groups is 1. The van der Waals surface area contributed by atoms with Crippen LogP contribution in [0.2, 0.25) is 0 Å². The molecule has 18 heavy (non-hydrogen) atoms. The number of nitrogens with one attached hydrogen (secondary N) is 1. The number of furan rings is 1. The van der Waals surface area contributed by atoms with Crippen LogP contribution in [0.1, 0.15) is 50.8 Å². The minimum Gasteiger partial charge on any atom is -0.466 e. The Morgan fingerprint density at radius 2 is 2.06 bits per heavy atom. The topological polar surface area (TPSA) is 51.5 Å². The first-order chi connectivity index (χ1) is 8.19. The highest BCUT2D eigenvalue weighted by Gasteiger charge is 2.17. The molecule has 0 spiro atoms. The van der Waals surface area contributed by atoms with Gasteiger partial charge in [-0.2, -0.15) is 0 Å². The van der Waals surface area contributed by atoms with E-state index in [2.05, 4.69) is 5.32 Å². The standard InChI is InChI=1S/C14H23NO3/c1-9-7-12(11(3)18-9)10(2)15-13(16)8-17-14(4,5)6/h7,10H,8H2,1-6H3,(H,15,16). The van der Waals surface area contributed by atoms with Gasteiger partial charge in [0.2, 0.25) is 5.91 Å². The fraction of sp³-hybridized carbons (Fsp3) is 0.643. The van der Waals surface area contributed by atoms with Gasteiger partial charge in [0.1, 0.15) is 18.1 Å². The molecule has 102 valence electrons. The van der Waals surface area contributed by atoms with E-state index in [1.807, 2.05) is 47.6 Å². The molecule has 0 radical (unpaired) electrons. The zero-order valence-corrected chi connectivity index (χ0v) is 12.1. The smallest absolute Gasteiger partial charge is 0.246 e. The molecule has 1 rings (SSSR count). The van der Waals surface area contributed by atoms with E-state index in [1.54, 1.807) is 0 Å². The summed E-state index contributed by atoms with van der Waals surface area (Å²) in [6.45, 7) is 11.6. The van der Waals surface area contributed by atoms with Gasteiger partial charge in [0.25, 0.3) is 0 Å². The lowest BCUT2D eigenvalue weighted by molar-refractivity contribution is -0.131. The maximum Gasteiger partial charge on any atom is 0.246 e. The third kappa shape index (κ3) is 4.53. The van der Waals surface area contributed by atoms with Gasteiger partial charge in [0, 0.05) is 5.56 Å². The summed E-state index contributed by atoms with van der Waals surface area (Å²) in [4.78, 5) is 11.7. The number of ether oxygens (including phenoxy) is 1. The average Bonchev–Trinajstić information content (AvgIpc) is 2.54.